The molecule has 3 fully saturated rings. The summed E-state index contributed by atoms with van der Waals surface area (Å²) in [5.41, 5.74) is 4.18. The van der Waals surface area contributed by atoms with E-state index in [1.54, 1.807) is 5.57 Å². The van der Waals surface area contributed by atoms with Gasteiger partial charge in [-0.25, -0.2) is 0 Å². The number of rotatable bonds is 3. The van der Waals surface area contributed by atoms with Gasteiger partial charge in [0.25, 0.3) is 0 Å². The Labute approximate surface area is 160 Å². The Balaban J connectivity index is 1.81. The third-order valence-electron chi connectivity index (χ3n) is 8.12. The van der Waals surface area contributed by atoms with Crippen LogP contribution in [0.2, 0.25) is 0 Å². The molecule has 3 saturated carbocycles. The van der Waals surface area contributed by atoms with Gasteiger partial charge in [0.2, 0.25) is 0 Å². The van der Waals surface area contributed by atoms with Crippen molar-refractivity contribution in [1.29, 1.82) is 0 Å². The Morgan fingerprint density at radius 1 is 1.15 bits per heavy atom. The fraction of sp³-hybridized carbons (Fsp3) is 0.750. The third-order valence-corrected chi connectivity index (χ3v) is 8.12. The highest BCUT2D eigenvalue weighted by Crippen LogP contribution is 2.62. The van der Waals surface area contributed by atoms with Crippen LogP contribution in [-0.2, 0) is 0 Å². The molecule has 2 N–H and O–H groups in total. The van der Waals surface area contributed by atoms with Gasteiger partial charge in [0.05, 0.1) is 12.2 Å². The molecule has 5 atom stereocenters. The zero-order valence-corrected chi connectivity index (χ0v) is 17.2. The lowest BCUT2D eigenvalue weighted by molar-refractivity contribution is 0.0435. The van der Waals surface area contributed by atoms with Crippen molar-refractivity contribution in [3.05, 3.63) is 35.5 Å². The fourth-order valence-corrected chi connectivity index (χ4v) is 6.20. The summed E-state index contributed by atoms with van der Waals surface area (Å²) in [6.07, 6.45) is 12.4. The highest BCUT2D eigenvalue weighted by atomic mass is 16.3. The smallest absolute Gasteiger partial charge is 0.0809 e. The molecule has 0 aromatic heterocycles. The molecule has 0 spiro atoms. The van der Waals surface area contributed by atoms with Gasteiger partial charge in [0.1, 0.15) is 0 Å². The Bertz CT molecular complexity index is 596. The minimum absolute atomic E-state index is 0.419. The van der Waals surface area contributed by atoms with Gasteiger partial charge < -0.3 is 10.2 Å². The van der Waals surface area contributed by atoms with E-state index in [9.17, 15) is 10.2 Å². The second-order valence-corrected chi connectivity index (χ2v) is 9.97. The first-order valence-corrected chi connectivity index (χ1v) is 10.6. The highest BCUT2D eigenvalue weighted by Gasteiger charge is 2.53. The Hall–Kier alpha value is -0.860. The van der Waals surface area contributed by atoms with E-state index in [0.29, 0.717) is 35.2 Å². The Morgan fingerprint density at radius 3 is 2.42 bits per heavy atom. The summed E-state index contributed by atoms with van der Waals surface area (Å²) in [6, 6.07) is 0. The molecule has 2 unspecified atom stereocenters. The second kappa shape index (κ2) is 7.28. The van der Waals surface area contributed by atoms with Crippen LogP contribution in [0.4, 0.5) is 0 Å². The average Bonchev–Trinajstić information content (AvgIpc) is 2.96. The predicted octanol–water partition coefficient (Wildman–Crippen LogP) is 5.56. The maximum atomic E-state index is 10.1. The minimum atomic E-state index is -0.596. The number of aliphatic hydroxyl groups is 2. The number of hydrogen-bond acceptors (Lipinski definition) is 2. The van der Waals surface area contributed by atoms with Crippen molar-refractivity contribution in [3.8, 4) is 0 Å². The summed E-state index contributed by atoms with van der Waals surface area (Å²) in [5.74, 6) is 1.51. The van der Waals surface area contributed by atoms with Crippen molar-refractivity contribution in [2.24, 2.45) is 22.7 Å². The van der Waals surface area contributed by atoms with Gasteiger partial charge in [-0.05, 0) is 73.2 Å². The van der Waals surface area contributed by atoms with Gasteiger partial charge in [-0.2, -0.15) is 0 Å². The largest absolute Gasteiger partial charge is 0.388 e. The lowest BCUT2D eigenvalue weighted by Crippen LogP contribution is -2.39. The van der Waals surface area contributed by atoms with Gasteiger partial charge in [-0.3, -0.25) is 0 Å². The number of aliphatic hydroxyl groups excluding tert-OH is 2. The number of fused-ring (bicyclic) bond motifs is 1. The molecule has 3 aliphatic carbocycles. The summed E-state index contributed by atoms with van der Waals surface area (Å²) < 4.78 is 0. The lowest BCUT2D eigenvalue weighted by Gasteiger charge is -2.48. The molecule has 0 aliphatic heterocycles. The van der Waals surface area contributed by atoms with E-state index in [2.05, 4.69) is 46.4 Å². The van der Waals surface area contributed by atoms with Crippen molar-refractivity contribution >= 4 is 0 Å². The van der Waals surface area contributed by atoms with Crippen LogP contribution in [0.15, 0.2) is 35.5 Å². The lowest BCUT2D eigenvalue weighted by atomic mass is 9.57. The first-order valence-electron chi connectivity index (χ1n) is 10.6. The third kappa shape index (κ3) is 3.47. The molecule has 0 aromatic carbocycles. The van der Waals surface area contributed by atoms with Crippen molar-refractivity contribution < 1.29 is 10.2 Å². The molecule has 0 amide bonds. The molecule has 2 heteroatoms. The molecule has 0 radical (unpaired) electrons. The van der Waals surface area contributed by atoms with E-state index >= 15 is 0 Å². The molecular formula is C24H38O2. The van der Waals surface area contributed by atoms with Crippen LogP contribution in [-0.4, -0.2) is 22.4 Å². The summed E-state index contributed by atoms with van der Waals surface area (Å²) in [7, 11) is 0. The summed E-state index contributed by atoms with van der Waals surface area (Å²) in [6.45, 7) is 13.6. The molecule has 26 heavy (non-hydrogen) atoms. The van der Waals surface area contributed by atoms with Gasteiger partial charge >= 0.3 is 0 Å². The molecular weight excluding hydrogens is 320 g/mol. The first kappa shape index (κ1) is 19.9. The zero-order chi connectivity index (χ0) is 19.1. The molecule has 0 aromatic rings. The van der Waals surface area contributed by atoms with Crippen molar-refractivity contribution in [2.75, 3.05) is 0 Å². The van der Waals surface area contributed by atoms with Crippen LogP contribution in [0.1, 0.15) is 79.1 Å². The van der Waals surface area contributed by atoms with Crippen LogP contribution >= 0.6 is 0 Å². The Kier molecular flexibility index (Phi) is 5.57. The normalized spacial score (nSPS) is 40.0. The molecule has 2 nitrogen and oxygen atoms in total. The van der Waals surface area contributed by atoms with Crippen molar-refractivity contribution in [1.82, 2.24) is 0 Å². The maximum Gasteiger partial charge on any atom is 0.0809 e. The number of allylic oxidation sites excluding steroid dienone is 3. The van der Waals surface area contributed by atoms with Crippen LogP contribution in [0.25, 0.3) is 0 Å². The van der Waals surface area contributed by atoms with E-state index in [0.717, 1.165) is 11.5 Å². The highest BCUT2D eigenvalue weighted by molar-refractivity contribution is 5.29. The SMILES string of the molecule is C=C1[C@H](O)CC(=CC=C2CCC[C@@]3(C)C2CCC3C(C)(C)CC)C[C@H]1O. The van der Waals surface area contributed by atoms with Crippen molar-refractivity contribution in [3.63, 3.8) is 0 Å². The van der Waals surface area contributed by atoms with Crippen LogP contribution < -0.4 is 0 Å². The fourth-order valence-electron chi connectivity index (χ4n) is 6.20. The van der Waals surface area contributed by atoms with Crippen LogP contribution in [0.5, 0.6) is 0 Å². The summed E-state index contributed by atoms with van der Waals surface area (Å²) in [5, 5.41) is 20.2. The topological polar surface area (TPSA) is 40.5 Å². The number of hydrogen-bond donors (Lipinski definition) is 2. The Morgan fingerprint density at radius 2 is 1.81 bits per heavy atom. The molecule has 0 saturated heterocycles. The van der Waals surface area contributed by atoms with Gasteiger partial charge in [0, 0.05) is 0 Å². The second-order valence-electron chi connectivity index (χ2n) is 9.97. The zero-order valence-electron chi connectivity index (χ0n) is 17.2. The van der Waals surface area contributed by atoms with Gasteiger partial charge in [-0.1, -0.05) is 64.0 Å². The van der Waals surface area contributed by atoms with E-state index in [-0.39, 0.29) is 0 Å². The van der Waals surface area contributed by atoms with E-state index < -0.39 is 12.2 Å². The van der Waals surface area contributed by atoms with Crippen molar-refractivity contribution in [2.45, 2.75) is 91.3 Å². The minimum Gasteiger partial charge on any atom is -0.388 e. The summed E-state index contributed by atoms with van der Waals surface area (Å²) in [4.78, 5) is 0. The molecule has 3 aliphatic rings. The van der Waals surface area contributed by atoms with Gasteiger partial charge in [0.15, 0.2) is 0 Å². The predicted molar refractivity (Wildman–Crippen MR) is 109 cm³/mol. The monoisotopic (exact) mass is 358 g/mol. The summed E-state index contributed by atoms with van der Waals surface area (Å²) >= 11 is 0. The average molecular weight is 359 g/mol. The van der Waals surface area contributed by atoms with E-state index in [1.807, 2.05) is 0 Å². The standard InChI is InChI=1S/C24H38O2/c1-6-23(3,4)22-12-11-19-18(8-7-13-24(19,22)5)10-9-17-14-20(25)16(2)21(26)15-17/h9-10,19-22,25-26H,2,6-8,11-15H2,1,3-5H3/t19?,20-,21-,22?,24+/m1/s1. The molecule has 0 bridgehead atoms. The van der Waals surface area contributed by atoms with Crippen LogP contribution in [0.3, 0.4) is 0 Å². The molecule has 146 valence electrons. The first-order chi connectivity index (χ1) is 12.2. The van der Waals surface area contributed by atoms with E-state index in [4.69, 9.17) is 0 Å². The molecule has 3 rings (SSSR count). The maximum absolute atomic E-state index is 10.1. The van der Waals surface area contributed by atoms with E-state index in [1.165, 1.54) is 38.5 Å². The van der Waals surface area contributed by atoms with Gasteiger partial charge in [-0.15, -0.1) is 0 Å². The quantitative estimate of drug-likeness (QED) is 0.648. The molecule has 0 heterocycles. The van der Waals surface area contributed by atoms with Crippen LogP contribution in [0, 0.1) is 22.7 Å².